The summed E-state index contributed by atoms with van der Waals surface area (Å²) < 4.78 is 12.7. The highest BCUT2D eigenvalue weighted by Crippen LogP contribution is 2.09. The largest absolute Gasteiger partial charge is 0.385 e. The average Bonchev–Trinajstić information content (AvgIpc) is 2.18. The first-order valence-corrected chi connectivity index (χ1v) is 5.02. The van der Waals surface area contributed by atoms with Crippen LogP contribution in [0.15, 0.2) is 24.3 Å². The zero-order chi connectivity index (χ0) is 10.2. The molecule has 2 nitrogen and oxygen atoms in total. The molecule has 0 unspecified atom stereocenters. The molecule has 0 saturated carbocycles. The highest BCUT2D eigenvalue weighted by Gasteiger charge is 1.93. The molecule has 0 heterocycles. The van der Waals surface area contributed by atoms with Gasteiger partial charge in [0.1, 0.15) is 5.82 Å². The average molecular weight is 196 g/mol. The zero-order valence-electron chi connectivity index (χ0n) is 8.30. The fourth-order valence-corrected chi connectivity index (χ4v) is 1.28. The molecule has 0 aliphatic heterocycles. The quantitative estimate of drug-likeness (QED) is 0.685. The van der Waals surface area contributed by atoms with Crippen LogP contribution in [0.1, 0.15) is 19.3 Å². The van der Waals surface area contributed by atoms with Crippen LogP contribution in [-0.2, 0) is 0 Å². The third kappa shape index (κ3) is 4.23. The van der Waals surface area contributed by atoms with Crippen molar-refractivity contribution in [3.05, 3.63) is 30.1 Å². The van der Waals surface area contributed by atoms with Crippen molar-refractivity contribution in [2.75, 3.05) is 18.4 Å². The summed E-state index contributed by atoms with van der Waals surface area (Å²) in [6, 6.07) is 6.52. The first kappa shape index (κ1) is 11.0. The zero-order valence-corrected chi connectivity index (χ0v) is 8.30. The van der Waals surface area contributed by atoms with Gasteiger partial charge in [0.2, 0.25) is 0 Å². The van der Waals surface area contributed by atoms with Gasteiger partial charge in [-0.05, 0) is 37.6 Å². The fourth-order valence-electron chi connectivity index (χ4n) is 1.28. The Hall–Kier alpha value is -1.09. The van der Waals surface area contributed by atoms with Crippen molar-refractivity contribution < 1.29 is 4.39 Å². The Morgan fingerprint density at radius 3 is 2.79 bits per heavy atom. The fraction of sp³-hybridized carbons (Fsp3) is 0.455. The van der Waals surface area contributed by atoms with Crippen LogP contribution in [0.2, 0.25) is 0 Å². The van der Waals surface area contributed by atoms with Gasteiger partial charge in [0.25, 0.3) is 0 Å². The predicted octanol–water partition coefficient (Wildman–Crippen LogP) is 2.37. The second-order valence-electron chi connectivity index (χ2n) is 3.29. The van der Waals surface area contributed by atoms with Crippen LogP contribution in [0, 0.1) is 5.82 Å². The molecule has 0 aliphatic rings. The Labute approximate surface area is 84.3 Å². The maximum absolute atomic E-state index is 12.7. The number of unbranched alkanes of at least 4 members (excludes halogenated alkanes) is 2. The second-order valence-corrected chi connectivity index (χ2v) is 3.29. The number of nitrogens with one attached hydrogen (secondary N) is 1. The van der Waals surface area contributed by atoms with Crippen molar-refractivity contribution in [2.24, 2.45) is 5.73 Å². The van der Waals surface area contributed by atoms with E-state index in [1.807, 2.05) is 6.07 Å². The lowest BCUT2D eigenvalue weighted by molar-refractivity contribution is 0.628. The highest BCUT2D eigenvalue weighted by atomic mass is 19.1. The van der Waals surface area contributed by atoms with Crippen molar-refractivity contribution in [2.45, 2.75) is 19.3 Å². The smallest absolute Gasteiger partial charge is 0.125 e. The molecule has 0 fully saturated rings. The molecule has 0 amide bonds. The van der Waals surface area contributed by atoms with Gasteiger partial charge in [-0.25, -0.2) is 4.39 Å². The SMILES string of the molecule is NCCCCCNc1cccc(F)c1. The Balaban J connectivity index is 2.18. The topological polar surface area (TPSA) is 38.0 Å². The van der Waals surface area contributed by atoms with Crippen molar-refractivity contribution in [1.82, 2.24) is 0 Å². The summed E-state index contributed by atoms with van der Waals surface area (Å²) >= 11 is 0. The van der Waals surface area contributed by atoms with Gasteiger partial charge in [-0.3, -0.25) is 0 Å². The van der Waals surface area contributed by atoms with Crippen LogP contribution in [0.5, 0.6) is 0 Å². The third-order valence-electron chi connectivity index (χ3n) is 2.03. The summed E-state index contributed by atoms with van der Waals surface area (Å²) in [5.41, 5.74) is 6.22. The van der Waals surface area contributed by atoms with Crippen LogP contribution in [0.3, 0.4) is 0 Å². The van der Waals surface area contributed by atoms with Gasteiger partial charge in [-0.1, -0.05) is 12.5 Å². The number of hydrogen-bond donors (Lipinski definition) is 2. The van der Waals surface area contributed by atoms with E-state index in [9.17, 15) is 4.39 Å². The van der Waals surface area contributed by atoms with Gasteiger partial charge in [-0.15, -0.1) is 0 Å². The molecule has 0 radical (unpaired) electrons. The summed E-state index contributed by atoms with van der Waals surface area (Å²) in [5.74, 6) is -0.197. The summed E-state index contributed by atoms with van der Waals surface area (Å²) in [7, 11) is 0. The number of nitrogens with two attached hydrogens (primary N) is 1. The van der Waals surface area contributed by atoms with E-state index in [1.165, 1.54) is 12.1 Å². The lowest BCUT2D eigenvalue weighted by atomic mass is 10.2. The first-order valence-electron chi connectivity index (χ1n) is 5.02. The number of hydrogen-bond acceptors (Lipinski definition) is 2. The number of rotatable bonds is 6. The van der Waals surface area contributed by atoms with Crippen molar-refractivity contribution in [1.29, 1.82) is 0 Å². The summed E-state index contributed by atoms with van der Waals surface area (Å²) in [6.45, 7) is 1.63. The van der Waals surface area contributed by atoms with E-state index in [4.69, 9.17) is 5.73 Å². The van der Waals surface area contributed by atoms with E-state index >= 15 is 0 Å². The Morgan fingerprint density at radius 1 is 1.21 bits per heavy atom. The maximum atomic E-state index is 12.7. The summed E-state index contributed by atoms with van der Waals surface area (Å²) in [4.78, 5) is 0. The van der Waals surface area contributed by atoms with E-state index in [-0.39, 0.29) is 5.82 Å². The van der Waals surface area contributed by atoms with Gasteiger partial charge < -0.3 is 11.1 Å². The standard InChI is InChI=1S/C11H17FN2/c12-10-5-4-6-11(9-10)14-8-3-1-2-7-13/h4-6,9,14H,1-3,7-8,13H2. The van der Waals surface area contributed by atoms with Crippen molar-refractivity contribution in [3.63, 3.8) is 0 Å². The monoisotopic (exact) mass is 196 g/mol. The molecule has 78 valence electrons. The second kappa shape index (κ2) is 6.38. The molecule has 0 bridgehead atoms. The van der Waals surface area contributed by atoms with Crippen LogP contribution >= 0.6 is 0 Å². The minimum atomic E-state index is -0.197. The van der Waals surface area contributed by atoms with Crippen LogP contribution < -0.4 is 11.1 Å². The normalized spacial score (nSPS) is 10.1. The molecule has 0 aliphatic carbocycles. The van der Waals surface area contributed by atoms with Gasteiger partial charge in [0.05, 0.1) is 0 Å². The van der Waals surface area contributed by atoms with Gasteiger partial charge in [-0.2, -0.15) is 0 Å². The third-order valence-corrected chi connectivity index (χ3v) is 2.03. The van der Waals surface area contributed by atoms with E-state index in [0.717, 1.165) is 38.0 Å². The lowest BCUT2D eigenvalue weighted by Gasteiger charge is -2.05. The molecule has 3 N–H and O–H groups in total. The molecular weight excluding hydrogens is 179 g/mol. The molecule has 14 heavy (non-hydrogen) atoms. The molecule has 1 rings (SSSR count). The van der Waals surface area contributed by atoms with Crippen molar-refractivity contribution >= 4 is 5.69 Å². The lowest BCUT2D eigenvalue weighted by Crippen LogP contribution is -2.03. The molecule has 3 heteroatoms. The summed E-state index contributed by atoms with van der Waals surface area (Å²) in [5, 5.41) is 3.16. The molecule has 0 spiro atoms. The van der Waals surface area contributed by atoms with E-state index < -0.39 is 0 Å². The van der Waals surface area contributed by atoms with Gasteiger partial charge in [0, 0.05) is 12.2 Å². The van der Waals surface area contributed by atoms with E-state index in [2.05, 4.69) is 5.32 Å². The maximum Gasteiger partial charge on any atom is 0.125 e. The van der Waals surface area contributed by atoms with Gasteiger partial charge in [0.15, 0.2) is 0 Å². The molecule has 0 aromatic heterocycles. The van der Waals surface area contributed by atoms with Gasteiger partial charge >= 0.3 is 0 Å². The Kier molecular flexibility index (Phi) is 5.00. The number of anilines is 1. The molecule has 0 saturated heterocycles. The Morgan fingerprint density at radius 2 is 2.07 bits per heavy atom. The Bertz CT molecular complexity index is 263. The van der Waals surface area contributed by atoms with E-state index in [1.54, 1.807) is 6.07 Å². The number of halogens is 1. The minimum absolute atomic E-state index is 0.197. The number of benzene rings is 1. The molecule has 0 atom stereocenters. The summed E-state index contributed by atoms with van der Waals surface area (Å²) in [6.07, 6.45) is 3.26. The minimum Gasteiger partial charge on any atom is -0.385 e. The molecule has 1 aromatic rings. The first-order chi connectivity index (χ1) is 6.83. The molecular formula is C11H17FN2. The van der Waals surface area contributed by atoms with Crippen LogP contribution in [0.4, 0.5) is 10.1 Å². The van der Waals surface area contributed by atoms with Crippen LogP contribution in [-0.4, -0.2) is 13.1 Å². The van der Waals surface area contributed by atoms with Crippen molar-refractivity contribution in [3.8, 4) is 0 Å². The predicted molar refractivity (Wildman–Crippen MR) is 57.8 cm³/mol. The van der Waals surface area contributed by atoms with Crippen LogP contribution in [0.25, 0.3) is 0 Å². The highest BCUT2D eigenvalue weighted by molar-refractivity contribution is 5.42. The van der Waals surface area contributed by atoms with E-state index in [0.29, 0.717) is 0 Å². The molecule has 1 aromatic carbocycles.